The fourth-order valence-electron chi connectivity index (χ4n) is 4.50. The van der Waals surface area contributed by atoms with E-state index in [-0.39, 0.29) is 6.04 Å². The van der Waals surface area contributed by atoms with E-state index >= 15 is 0 Å². The Kier molecular flexibility index (Phi) is 4.73. The van der Waals surface area contributed by atoms with Gasteiger partial charge in [0.2, 0.25) is 0 Å². The minimum Gasteiger partial charge on any atom is -0.496 e. The number of nitrogens with zero attached hydrogens (tertiary/aromatic N) is 5. The summed E-state index contributed by atoms with van der Waals surface area (Å²) in [6, 6.07) is 6.46. The van der Waals surface area contributed by atoms with Gasteiger partial charge in [-0.1, -0.05) is 5.16 Å². The first-order chi connectivity index (χ1) is 15.4. The van der Waals surface area contributed by atoms with E-state index < -0.39 is 0 Å². The Morgan fingerprint density at radius 1 is 1.16 bits per heavy atom. The van der Waals surface area contributed by atoms with Crippen LogP contribution in [-0.4, -0.2) is 37.0 Å². The molecule has 8 heteroatoms. The van der Waals surface area contributed by atoms with Crippen molar-refractivity contribution < 1.29 is 9.26 Å². The molecule has 0 spiro atoms. The summed E-state index contributed by atoms with van der Waals surface area (Å²) in [5.41, 5.74) is 6.58. The van der Waals surface area contributed by atoms with Crippen LogP contribution in [0.5, 0.6) is 5.75 Å². The molecule has 0 bridgehead atoms. The van der Waals surface area contributed by atoms with Crippen LogP contribution < -0.4 is 4.74 Å². The molecule has 164 valence electrons. The number of aryl methyl sites for hydroxylation is 3. The summed E-state index contributed by atoms with van der Waals surface area (Å²) in [5.74, 6) is 2.24. The summed E-state index contributed by atoms with van der Waals surface area (Å²) in [7, 11) is 1.68. The van der Waals surface area contributed by atoms with E-state index in [2.05, 4.69) is 46.2 Å². The number of aromatic nitrogens is 6. The minimum atomic E-state index is 0.277. The third-order valence-corrected chi connectivity index (χ3v) is 5.85. The summed E-state index contributed by atoms with van der Waals surface area (Å²) in [6.45, 7) is 10.0. The van der Waals surface area contributed by atoms with Gasteiger partial charge in [-0.3, -0.25) is 4.68 Å². The van der Waals surface area contributed by atoms with Gasteiger partial charge in [-0.2, -0.15) is 5.10 Å². The molecule has 0 unspecified atom stereocenters. The summed E-state index contributed by atoms with van der Waals surface area (Å²) >= 11 is 0. The number of fused-ring (bicyclic) bond motifs is 3. The molecule has 1 N–H and O–H groups in total. The zero-order valence-electron chi connectivity index (χ0n) is 19.1. The second-order valence-electron chi connectivity index (χ2n) is 8.40. The van der Waals surface area contributed by atoms with Gasteiger partial charge in [0.1, 0.15) is 23.0 Å². The van der Waals surface area contributed by atoms with Crippen molar-refractivity contribution in [2.75, 3.05) is 7.11 Å². The molecular formula is C24H26N6O2. The van der Waals surface area contributed by atoms with E-state index in [0.717, 1.165) is 67.5 Å². The Morgan fingerprint density at radius 3 is 2.66 bits per heavy atom. The number of hydrogen-bond acceptors (Lipinski definition) is 6. The maximum atomic E-state index is 5.79. The molecule has 0 saturated carbocycles. The summed E-state index contributed by atoms with van der Waals surface area (Å²) in [5, 5.41) is 10.6. The lowest BCUT2D eigenvalue weighted by Crippen LogP contribution is -2.09. The molecule has 0 aliphatic rings. The first kappa shape index (κ1) is 20.2. The fourth-order valence-corrected chi connectivity index (χ4v) is 4.50. The van der Waals surface area contributed by atoms with Crippen LogP contribution in [0.1, 0.15) is 48.6 Å². The first-order valence-electron chi connectivity index (χ1n) is 10.7. The Morgan fingerprint density at radius 2 is 1.97 bits per heavy atom. The molecule has 1 aromatic carbocycles. The molecule has 5 aromatic rings. The van der Waals surface area contributed by atoms with E-state index in [4.69, 9.17) is 14.2 Å². The maximum Gasteiger partial charge on any atom is 0.142 e. The maximum absolute atomic E-state index is 5.79. The van der Waals surface area contributed by atoms with Crippen LogP contribution in [0.25, 0.3) is 33.1 Å². The van der Waals surface area contributed by atoms with Crippen molar-refractivity contribution in [1.82, 2.24) is 29.9 Å². The number of nitrogens with one attached hydrogen (secondary N) is 1. The monoisotopic (exact) mass is 430 g/mol. The Balaban J connectivity index is 1.75. The van der Waals surface area contributed by atoms with E-state index in [1.807, 2.05) is 37.7 Å². The van der Waals surface area contributed by atoms with Gasteiger partial charge in [-0.05, 0) is 52.8 Å². The Bertz CT molecular complexity index is 1440. The summed E-state index contributed by atoms with van der Waals surface area (Å²) in [6.07, 6.45) is 2.51. The van der Waals surface area contributed by atoms with Gasteiger partial charge >= 0.3 is 0 Å². The fraction of sp³-hybridized carbons (Fsp3) is 0.333. The zero-order valence-corrected chi connectivity index (χ0v) is 19.1. The first-order valence-corrected chi connectivity index (χ1v) is 10.7. The lowest BCUT2D eigenvalue weighted by Gasteiger charge is -2.12. The number of hydrogen-bond donors (Lipinski definition) is 1. The SMILES string of the molecule is COc1cc2c(cc1-c1c(C)noc1C)[nH]c1nc(C)nc(Cc3ccnn3C(C)C)c12. The third-order valence-electron chi connectivity index (χ3n) is 5.85. The standard InChI is InChI=1S/C24H26N6O2/c1-12(2)30-16(7-8-25-30)9-20-23-17-11-21(31-6)18(22-13(3)29-32-14(22)4)10-19(17)28-24(23)27-15(5)26-20/h7-8,10-12H,9H2,1-6H3,(H,26,27,28). The average Bonchev–Trinajstić information content (AvgIpc) is 3.43. The lowest BCUT2D eigenvalue weighted by molar-refractivity contribution is 0.393. The molecule has 8 nitrogen and oxygen atoms in total. The smallest absolute Gasteiger partial charge is 0.142 e. The molecule has 4 aromatic heterocycles. The molecule has 0 radical (unpaired) electrons. The second-order valence-corrected chi connectivity index (χ2v) is 8.40. The zero-order chi connectivity index (χ0) is 22.6. The highest BCUT2D eigenvalue weighted by molar-refractivity contribution is 6.09. The van der Waals surface area contributed by atoms with Gasteiger partial charge in [-0.25, -0.2) is 9.97 Å². The Hall–Kier alpha value is -3.68. The van der Waals surface area contributed by atoms with Crippen LogP contribution in [0.2, 0.25) is 0 Å². The highest BCUT2D eigenvalue weighted by Crippen LogP contribution is 2.40. The van der Waals surface area contributed by atoms with Crippen molar-refractivity contribution in [3.63, 3.8) is 0 Å². The van der Waals surface area contributed by atoms with Crippen molar-refractivity contribution in [3.05, 3.63) is 53.1 Å². The normalized spacial score (nSPS) is 11.8. The van der Waals surface area contributed by atoms with Crippen LogP contribution in [0.3, 0.4) is 0 Å². The molecule has 5 rings (SSSR count). The number of methoxy groups -OCH3 is 1. The predicted octanol–water partition coefficient (Wildman–Crippen LogP) is 5.07. The lowest BCUT2D eigenvalue weighted by atomic mass is 10.00. The molecule has 0 amide bonds. The van der Waals surface area contributed by atoms with Crippen LogP contribution >= 0.6 is 0 Å². The van der Waals surface area contributed by atoms with Gasteiger partial charge < -0.3 is 14.2 Å². The van der Waals surface area contributed by atoms with Crippen LogP contribution in [0.4, 0.5) is 0 Å². The van der Waals surface area contributed by atoms with Crippen molar-refractivity contribution >= 4 is 21.9 Å². The number of rotatable bonds is 5. The van der Waals surface area contributed by atoms with Crippen molar-refractivity contribution in [3.8, 4) is 16.9 Å². The molecule has 32 heavy (non-hydrogen) atoms. The van der Waals surface area contributed by atoms with Gasteiger partial charge in [0.05, 0.1) is 24.1 Å². The quantitative estimate of drug-likeness (QED) is 0.418. The van der Waals surface area contributed by atoms with Crippen molar-refractivity contribution in [2.45, 2.75) is 47.1 Å². The summed E-state index contributed by atoms with van der Waals surface area (Å²) < 4.78 is 13.2. The topological polar surface area (TPSA) is 94.7 Å². The van der Waals surface area contributed by atoms with Gasteiger partial charge in [0.25, 0.3) is 0 Å². The second kappa shape index (κ2) is 7.47. The minimum absolute atomic E-state index is 0.277. The number of ether oxygens (including phenoxy) is 1. The largest absolute Gasteiger partial charge is 0.496 e. The van der Waals surface area contributed by atoms with Crippen molar-refractivity contribution in [1.29, 1.82) is 0 Å². The molecule has 0 saturated heterocycles. The number of H-pyrrole nitrogens is 1. The highest BCUT2D eigenvalue weighted by Gasteiger charge is 2.21. The molecule has 0 aliphatic heterocycles. The van der Waals surface area contributed by atoms with E-state index in [9.17, 15) is 0 Å². The van der Waals surface area contributed by atoms with Crippen molar-refractivity contribution in [2.24, 2.45) is 0 Å². The van der Waals surface area contributed by atoms with Crippen LogP contribution in [0.15, 0.2) is 28.9 Å². The molecule has 0 aliphatic carbocycles. The van der Waals surface area contributed by atoms with Crippen LogP contribution in [-0.2, 0) is 6.42 Å². The molecule has 0 atom stereocenters. The summed E-state index contributed by atoms with van der Waals surface area (Å²) in [4.78, 5) is 13.0. The average molecular weight is 431 g/mol. The van der Waals surface area contributed by atoms with E-state index in [1.54, 1.807) is 7.11 Å². The van der Waals surface area contributed by atoms with Gasteiger partial charge in [0.15, 0.2) is 0 Å². The highest BCUT2D eigenvalue weighted by atomic mass is 16.5. The van der Waals surface area contributed by atoms with Crippen LogP contribution in [0, 0.1) is 20.8 Å². The predicted molar refractivity (Wildman–Crippen MR) is 123 cm³/mol. The Labute approximate surface area is 185 Å². The third kappa shape index (κ3) is 3.14. The molecule has 4 heterocycles. The number of benzene rings is 1. The van der Waals surface area contributed by atoms with Gasteiger partial charge in [-0.15, -0.1) is 0 Å². The molecular weight excluding hydrogens is 404 g/mol. The molecule has 0 fully saturated rings. The van der Waals surface area contributed by atoms with E-state index in [0.29, 0.717) is 6.42 Å². The van der Waals surface area contributed by atoms with Gasteiger partial charge in [0, 0.05) is 46.2 Å². The van der Waals surface area contributed by atoms with E-state index in [1.165, 1.54) is 0 Å². The number of aromatic amines is 1.